The van der Waals surface area contributed by atoms with Crippen LogP contribution in [0.5, 0.6) is 5.75 Å². The molecule has 0 spiro atoms. The molecule has 29 heavy (non-hydrogen) atoms. The van der Waals surface area contributed by atoms with Crippen molar-refractivity contribution in [3.05, 3.63) is 72.8 Å². The highest BCUT2D eigenvalue weighted by atomic mass is 16.5. The van der Waals surface area contributed by atoms with E-state index in [-0.39, 0.29) is 12.1 Å². The van der Waals surface area contributed by atoms with Gasteiger partial charge < -0.3 is 15.4 Å². The summed E-state index contributed by atoms with van der Waals surface area (Å²) in [6.45, 7) is 5.46. The minimum absolute atomic E-state index is 0.247. The Balaban J connectivity index is 1.62. The van der Waals surface area contributed by atoms with Crippen molar-refractivity contribution in [1.82, 2.24) is 20.1 Å². The van der Waals surface area contributed by atoms with E-state index in [4.69, 9.17) is 4.74 Å². The number of carbonyl (C=O) groups excluding carboxylic acids is 1. The smallest absolute Gasteiger partial charge is 0.319 e. The number of hydrogen-bond acceptors (Lipinski definition) is 4. The Kier molecular flexibility index (Phi) is 7.22. The fraction of sp³-hybridized carbons (Fsp3) is 0.318. The first-order valence-corrected chi connectivity index (χ1v) is 9.78. The standard InChI is InChI=1S/C22H27N5O2/c1-17(2)11-12-29-20-10-6-9-19(13-20)25-22(28)26-21(14-27-16-23-15-24-27)18-7-4-3-5-8-18/h3-10,13,15-17,21H,11-12,14H2,1-2H3,(H2,25,26,28). The van der Waals surface area contributed by atoms with Crippen LogP contribution in [-0.4, -0.2) is 27.4 Å². The van der Waals surface area contributed by atoms with Gasteiger partial charge in [0, 0.05) is 11.8 Å². The van der Waals surface area contributed by atoms with Crippen molar-refractivity contribution in [2.24, 2.45) is 5.92 Å². The highest BCUT2D eigenvalue weighted by molar-refractivity contribution is 5.89. The Morgan fingerprint density at radius 3 is 2.69 bits per heavy atom. The first-order valence-electron chi connectivity index (χ1n) is 9.78. The van der Waals surface area contributed by atoms with Crippen LogP contribution in [0.15, 0.2) is 67.3 Å². The van der Waals surface area contributed by atoms with Crippen LogP contribution < -0.4 is 15.4 Å². The topological polar surface area (TPSA) is 81.1 Å². The van der Waals surface area contributed by atoms with E-state index in [1.54, 1.807) is 11.0 Å². The highest BCUT2D eigenvalue weighted by Gasteiger charge is 2.16. The molecule has 0 aliphatic carbocycles. The number of benzene rings is 2. The zero-order valence-electron chi connectivity index (χ0n) is 16.8. The SMILES string of the molecule is CC(C)CCOc1cccc(NC(=O)NC(Cn2cncn2)c2ccccc2)c1. The molecular weight excluding hydrogens is 366 g/mol. The van der Waals surface area contributed by atoms with Crippen LogP contribution in [-0.2, 0) is 6.54 Å². The molecule has 1 atom stereocenters. The third-order valence-electron chi connectivity index (χ3n) is 4.40. The number of amides is 2. The molecule has 152 valence electrons. The van der Waals surface area contributed by atoms with Gasteiger partial charge in [-0.25, -0.2) is 9.78 Å². The van der Waals surface area contributed by atoms with Crippen LogP contribution >= 0.6 is 0 Å². The summed E-state index contributed by atoms with van der Waals surface area (Å²) in [7, 11) is 0. The Morgan fingerprint density at radius 1 is 1.14 bits per heavy atom. The second-order valence-electron chi connectivity index (χ2n) is 7.24. The summed E-state index contributed by atoms with van der Waals surface area (Å²) in [5.74, 6) is 1.33. The number of hydrogen-bond donors (Lipinski definition) is 2. The lowest BCUT2D eigenvalue weighted by atomic mass is 10.1. The van der Waals surface area contributed by atoms with Gasteiger partial charge in [-0.1, -0.05) is 50.2 Å². The molecule has 0 saturated heterocycles. The van der Waals surface area contributed by atoms with Crippen LogP contribution in [0.1, 0.15) is 31.9 Å². The molecule has 3 aromatic rings. The summed E-state index contributed by atoms with van der Waals surface area (Å²) in [5.41, 5.74) is 1.67. The zero-order chi connectivity index (χ0) is 20.5. The number of nitrogens with one attached hydrogen (secondary N) is 2. The number of ether oxygens (including phenoxy) is 1. The van der Waals surface area contributed by atoms with Gasteiger partial charge in [0.15, 0.2) is 0 Å². The predicted octanol–water partition coefficient (Wildman–Crippen LogP) is 4.27. The molecule has 0 fully saturated rings. The van der Waals surface area contributed by atoms with E-state index in [1.165, 1.54) is 6.33 Å². The minimum atomic E-state index is -0.293. The maximum Gasteiger partial charge on any atom is 0.319 e. The summed E-state index contributed by atoms with van der Waals surface area (Å²) in [6, 6.07) is 16.7. The molecule has 0 bridgehead atoms. The third kappa shape index (κ3) is 6.64. The van der Waals surface area contributed by atoms with Crippen LogP contribution in [0.3, 0.4) is 0 Å². The third-order valence-corrected chi connectivity index (χ3v) is 4.40. The molecule has 2 N–H and O–H groups in total. The van der Waals surface area contributed by atoms with Gasteiger partial charge in [-0.2, -0.15) is 5.10 Å². The fourth-order valence-electron chi connectivity index (χ4n) is 2.84. The van der Waals surface area contributed by atoms with E-state index < -0.39 is 0 Å². The largest absolute Gasteiger partial charge is 0.494 e. The summed E-state index contributed by atoms with van der Waals surface area (Å²) in [5, 5.41) is 10.0. The van der Waals surface area contributed by atoms with Gasteiger partial charge in [0.1, 0.15) is 18.4 Å². The molecule has 0 saturated carbocycles. The van der Waals surface area contributed by atoms with Crippen LogP contribution in [0.2, 0.25) is 0 Å². The van der Waals surface area contributed by atoms with Crippen molar-refractivity contribution in [1.29, 1.82) is 0 Å². The van der Waals surface area contributed by atoms with Crippen molar-refractivity contribution >= 4 is 11.7 Å². The van der Waals surface area contributed by atoms with Gasteiger partial charge in [-0.15, -0.1) is 0 Å². The Labute approximate surface area is 171 Å². The first kappa shape index (κ1) is 20.4. The molecule has 1 unspecified atom stereocenters. The molecule has 0 aliphatic rings. The predicted molar refractivity (Wildman–Crippen MR) is 113 cm³/mol. The zero-order valence-corrected chi connectivity index (χ0v) is 16.8. The second kappa shape index (κ2) is 10.3. The summed E-state index contributed by atoms with van der Waals surface area (Å²) >= 11 is 0. The molecule has 3 rings (SSSR count). The van der Waals surface area contributed by atoms with Crippen molar-refractivity contribution in [2.45, 2.75) is 32.9 Å². The van der Waals surface area contributed by atoms with Crippen LogP contribution in [0, 0.1) is 5.92 Å². The molecule has 2 amide bonds. The lowest BCUT2D eigenvalue weighted by molar-refractivity contribution is 0.246. The average molecular weight is 393 g/mol. The molecular formula is C22H27N5O2. The molecule has 2 aromatic carbocycles. The number of anilines is 1. The fourth-order valence-corrected chi connectivity index (χ4v) is 2.84. The van der Waals surface area contributed by atoms with Crippen LogP contribution in [0.4, 0.5) is 10.5 Å². The molecule has 1 aromatic heterocycles. The Bertz CT molecular complexity index is 881. The summed E-state index contributed by atoms with van der Waals surface area (Å²) in [6.07, 6.45) is 4.10. The van der Waals surface area contributed by atoms with E-state index in [2.05, 4.69) is 34.6 Å². The first-order chi connectivity index (χ1) is 14.1. The number of rotatable bonds is 9. The van der Waals surface area contributed by atoms with Gasteiger partial charge in [0.2, 0.25) is 0 Å². The van der Waals surface area contributed by atoms with Crippen LogP contribution in [0.25, 0.3) is 0 Å². The molecule has 7 nitrogen and oxygen atoms in total. The van der Waals surface area contributed by atoms with Gasteiger partial charge >= 0.3 is 6.03 Å². The van der Waals surface area contributed by atoms with Crippen molar-refractivity contribution in [2.75, 3.05) is 11.9 Å². The quantitative estimate of drug-likeness (QED) is 0.569. The maximum atomic E-state index is 12.6. The number of urea groups is 1. The Hall–Kier alpha value is -3.35. The number of nitrogens with zero attached hydrogens (tertiary/aromatic N) is 3. The normalized spacial score (nSPS) is 11.8. The van der Waals surface area contributed by atoms with Gasteiger partial charge in [-0.3, -0.25) is 4.68 Å². The lowest BCUT2D eigenvalue weighted by Gasteiger charge is -2.19. The lowest BCUT2D eigenvalue weighted by Crippen LogP contribution is -2.35. The van der Waals surface area contributed by atoms with Crippen molar-refractivity contribution in [3.8, 4) is 5.75 Å². The Morgan fingerprint density at radius 2 is 1.97 bits per heavy atom. The summed E-state index contributed by atoms with van der Waals surface area (Å²) in [4.78, 5) is 16.6. The van der Waals surface area contributed by atoms with Gasteiger partial charge in [0.05, 0.1) is 19.2 Å². The molecule has 0 aliphatic heterocycles. The van der Waals surface area contributed by atoms with Crippen molar-refractivity contribution < 1.29 is 9.53 Å². The number of aromatic nitrogens is 3. The van der Waals surface area contributed by atoms with E-state index in [9.17, 15) is 4.79 Å². The van der Waals surface area contributed by atoms with E-state index in [0.717, 1.165) is 17.7 Å². The van der Waals surface area contributed by atoms with E-state index in [1.807, 2.05) is 54.6 Å². The minimum Gasteiger partial charge on any atom is -0.494 e. The molecule has 7 heteroatoms. The van der Waals surface area contributed by atoms with E-state index >= 15 is 0 Å². The monoisotopic (exact) mass is 393 g/mol. The number of carbonyl (C=O) groups is 1. The van der Waals surface area contributed by atoms with E-state index in [0.29, 0.717) is 24.8 Å². The maximum absolute atomic E-state index is 12.6. The second-order valence-corrected chi connectivity index (χ2v) is 7.24. The highest BCUT2D eigenvalue weighted by Crippen LogP contribution is 2.19. The summed E-state index contributed by atoms with van der Waals surface area (Å²) < 4.78 is 7.46. The van der Waals surface area contributed by atoms with Gasteiger partial charge in [0.25, 0.3) is 0 Å². The molecule has 1 heterocycles. The molecule has 0 radical (unpaired) electrons. The van der Waals surface area contributed by atoms with Gasteiger partial charge in [-0.05, 0) is 30.0 Å². The van der Waals surface area contributed by atoms with Crippen molar-refractivity contribution in [3.63, 3.8) is 0 Å². The average Bonchev–Trinajstić information content (AvgIpc) is 3.21.